The predicted molar refractivity (Wildman–Crippen MR) is 49.0 cm³/mol. The molecule has 0 aliphatic carbocycles. The largest absolute Gasteiger partial charge is 0.467 e. The lowest BCUT2D eigenvalue weighted by atomic mass is 10.2. The highest BCUT2D eigenvalue weighted by molar-refractivity contribution is 6.17. The van der Waals surface area contributed by atoms with Crippen molar-refractivity contribution in [1.82, 2.24) is 0 Å². The molecule has 1 aromatic heterocycles. The van der Waals surface area contributed by atoms with Gasteiger partial charge in [-0.15, -0.1) is 11.6 Å². The van der Waals surface area contributed by atoms with E-state index < -0.39 is 0 Å². The Bertz CT molecular complexity index is 304. The van der Waals surface area contributed by atoms with Gasteiger partial charge in [0.05, 0.1) is 12.5 Å². The molecule has 0 fully saturated rings. The van der Waals surface area contributed by atoms with Crippen LogP contribution in [0.3, 0.4) is 0 Å². The highest BCUT2D eigenvalue weighted by Gasteiger charge is 2.15. The molecule has 13 heavy (non-hydrogen) atoms. The zero-order valence-electron chi connectivity index (χ0n) is 7.59. The van der Waals surface area contributed by atoms with Gasteiger partial charge in [-0.1, -0.05) is 0 Å². The van der Waals surface area contributed by atoms with Gasteiger partial charge in [-0.3, -0.25) is 0 Å². The van der Waals surface area contributed by atoms with Crippen LogP contribution in [-0.4, -0.2) is 12.6 Å². The number of rotatable bonds is 3. The summed E-state index contributed by atoms with van der Waals surface area (Å²) in [6.45, 7) is 3.91. The van der Waals surface area contributed by atoms with Crippen LogP contribution in [0.1, 0.15) is 28.6 Å². The molecule has 0 aromatic carbocycles. The van der Waals surface area contributed by atoms with Crippen LogP contribution >= 0.6 is 11.6 Å². The van der Waals surface area contributed by atoms with E-state index in [1.165, 1.54) is 6.26 Å². The third-order valence-electron chi connectivity index (χ3n) is 1.76. The smallest absolute Gasteiger partial charge is 0.341 e. The number of esters is 1. The van der Waals surface area contributed by atoms with E-state index in [-0.39, 0.29) is 11.8 Å². The fourth-order valence-electron chi connectivity index (χ4n) is 0.999. The van der Waals surface area contributed by atoms with Crippen molar-refractivity contribution in [3.63, 3.8) is 0 Å². The lowest BCUT2D eigenvalue weighted by Gasteiger charge is -1.98. The van der Waals surface area contributed by atoms with Gasteiger partial charge in [0.1, 0.15) is 17.6 Å². The molecular formula is C9H11ClO3. The number of halogens is 1. The number of hydrogen-bond donors (Lipinski definition) is 0. The summed E-state index contributed by atoms with van der Waals surface area (Å²) in [5.74, 6) is 0.524. The van der Waals surface area contributed by atoms with Crippen molar-refractivity contribution < 1.29 is 13.9 Å². The topological polar surface area (TPSA) is 39.4 Å². The molecule has 4 heteroatoms. The first-order valence-electron chi connectivity index (χ1n) is 4.00. The van der Waals surface area contributed by atoms with Gasteiger partial charge in [0.2, 0.25) is 0 Å². The number of hydrogen-bond acceptors (Lipinski definition) is 3. The Hall–Kier alpha value is -0.960. The van der Waals surface area contributed by atoms with Gasteiger partial charge in [-0.25, -0.2) is 4.79 Å². The van der Waals surface area contributed by atoms with Crippen LogP contribution in [0.25, 0.3) is 0 Å². The number of furan rings is 1. The Labute approximate surface area is 81.6 Å². The lowest BCUT2D eigenvalue weighted by Crippen LogP contribution is -2.04. The van der Waals surface area contributed by atoms with Crippen molar-refractivity contribution in [1.29, 1.82) is 0 Å². The molecule has 1 rings (SSSR count). The minimum atomic E-state index is -0.361. The second-order valence-corrected chi connectivity index (χ2v) is 2.82. The van der Waals surface area contributed by atoms with Gasteiger partial charge in [0.25, 0.3) is 0 Å². The fourth-order valence-corrected chi connectivity index (χ4v) is 1.26. The van der Waals surface area contributed by atoms with Crippen LogP contribution in [-0.2, 0) is 10.6 Å². The number of alkyl halides is 1. The third-order valence-corrected chi connectivity index (χ3v) is 2.00. The zero-order chi connectivity index (χ0) is 9.84. The average Bonchev–Trinajstić information content (AvgIpc) is 2.47. The van der Waals surface area contributed by atoms with E-state index in [2.05, 4.69) is 0 Å². The second-order valence-electron chi connectivity index (χ2n) is 2.55. The van der Waals surface area contributed by atoms with Crippen molar-refractivity contribution >= 4 is 17.6 Å². The maximum Gasteiger partial charge on any atom is 0.341 e. The van der Waals surface area contributed by atoms with E-state index in [1.807, 2.05) is 0 Å². The maximum absolute atomic E-state index is 11.3. The number of carbonyl (C=O) groups excluding carboxylic acids is 1. The summed E-state index contributed by atoms with van der Waals surface area (Å²) < 4.78 is 9.90. The molecule has 0 unspecified atom stereocenters. The van der Waals surface area contributed by atoms with Gasteiger partial charge >= 0.3 is 5.97 Å². The molecule has 0 bridgehead atoms. The van der Waals surface area contributed by atoms with Crippen LogP contribution in [0.4, 0.5) is 0 Å². The highest BCUT2D eigenvalue weighted by atomic mass is 35.5. The molecule has 3 nitrogen and oxygen atoms in total. The molecule has 0 spiro atoms. The van der Waals surface area contributed by atoms with Crippen molar-refractivity contribution in [2.75, 3.05) is 6.61 Å². The molecule has 0 saturated heterocycles. The molecule has 0 aliphatic rings. The zero-order valence-corrected chi connectivity index (χ0v) is 8.35. The molecule has 0 amide bonds. The molecule has 0 radical (unpaired) electrons. The second kappa shape index (κ2) is 4.33. The lowest BCUT2D eigenvalue weighted by molar-refractivity contribution is 0.0525. The van der Waals surface area contributed by atoms with Gasteiger partial charge in [0.15, 0.2) is 0 Å². The van der Waals surface area contributed by atoms with Crippen molar-refractivity contribution in [2.45, 2.75) is 19.7 Å². The van der Waals surface area contributed by atoms with Gasteiger partial charge < -0.3 is 9.15 Å². The highest BCUT2D eigenvalue weighted by Crippen LogP contribution is 2.18. The summed E-state index contributed by atoms with van der Waals surface area (Å²) in [6.07, 6.45) is 1.38. The monoisotopic (exact) mass is 202 g/mol. The Morgan fingerprint density at radius 1 is 1.69 bits per heavy atom. The Balaban J connectivity index is 2.89. The summed E-state index contributed by atoms with van der Waals surface area (Å²) >= 11 is 5.58. The molecule has 72 valence electrons. The first-order valence-corrected chi connectivity index (χ1v) is 4.54. The van der Waals surface area contributed by atoms with E-state index >= 15 is 0 Å². The van der Waals surface area contributed by atoms with Crippen molar-refractivity contribution in [2.24, 2.45) is 0 Å². The first-order chi connectivity index (χ1) is 6.20. The predicted octanol–water partition coefficient (Wildman–Crippen LogP) is 2.50. The molecular weight excluding hydrogens is 192 g/mol. The van der Waals surface area contributed by atoms with E-state index in [0.29, 0.717) is 17.9 Å². The van der Waals surface area contributed by atoms with E-state index in [0.717, 1.165) is 5.56 Å². The summed E-state index contributed by atoms with van der Waals surface area (Å²) in [5, 5.41) is 0. The summed E-state index contributed by atoms with van der Waals surface area (Å²) in [7, 11) is 0. The Morgan fingerprint density at radius 3 is 2.85 bits per heavy atom. The van der Waals surface area contributed by atoms with Gasteiger partial charge in [-0.05, 0) is 13.8 Å². The molecule has 1 heterocycles. The van der Waals surface area contributed by atoms with Gasteiger partial charge in [-0.2, -0.15) is 0 Å². The van der Waals surface area contributed by atoms with Crippen LogP contribution in [0, 0.1) is 6.92 Å². The molecule has 0 N–H and O–H groups in total. The Morgan fingerprint density at radius 2 is 2.38 bits per heavy atom. The van der Waals surface area contributed by atoms with Crippen LogP contribution < -0.4 is 0 Å². The van der Waals surface area contributed by atoms with Crippen LogP contribution in [0.2, 0.25) is 0 Å². The normalized spacial score (nSPS) is 10.1. The number of carbonyl (C=O) groups is 1. The molecule has 1 aromatic rings. The maximum atomic E-state index is 11.3. The summed E-state index contributed by atoms with van der Waals surface area (Å²) in [5.41, 5.74) is 1.21. The first kappa shape index (κ1) is 10.1. The van der Waals surface area contributed by atoms with E-state index in [9.17, 15) is 4.79 Å². The van der Waals surface area contributed by atoms with Crippen LogP contribution in [0.15, 0.2) is 10.7 Å². The Kier molecular flexibility index (Phi) is 3.37. The SMILES string of the molecule is CCOC(=O)c1coc(CCl)c1C. The molecule has 0 aliphatic heterocycles. The summed E-state index contributed by atoms with van der Waals surface area (Å²) in [4.78, 5) is 11.3. The molecule has 0 atom stereocenters. The van der Waals surface area contributed by atoms with Crippen molar-refractivity contribution in [3.8, 4) is 0 Å². The third kappa shape index (κ3) is 2.04. The standard InChI is InChI=1S/C9H11ClO3/c1-3-12-9(11)7-5-13-8(4-10)6(7)2/h5H,3-4H2,1-2H3. The van der Waals surface area contributed by atoms with E-state index in [1.54, 1.807) is 13.8 Å². The van der Waals surface area contributed by atoms with Crippen LogP contribution in [0.5, 0.6) is 0 Å². The van der Waals surface area contributed by atoms with E-state index in [4.69, 9.17) is 20.8 Å². The number of ether oxygens (including phenoxy) is 1. The average molecular weight is 203 g/mol. The minimum absolute atomic E-state index is 0.269. The van der Waals surface area contributed by atoms with Gasteiger partial charge in [0, 0.05) is 5.56 Å². The quantitative estimate of drug-likeness (QED) is 0.559. The fraction of sp³-hybridized carbons (Fsp3) is 0.444. The summed E-state index contributed by atoms with van der Waals surface area (Å²) in [6, 6.07) is 0. The molecule has 0 saturated carbocycles. The van der Waals surface area contributed by atoms with Crippen molar-refractivity contribution in [3.05, 3.63) is 23.2 Å². The minimum Gasteiger partial charge on any atom is -0.467 e.